The summed E-state index contributed by atoms with van der Waals surface area (Å²) in [5.74, 6) is -1.35. The quantitative estimate of drug-likeness (QED) is 0.415. The zero-order valence-electron chi connectivity index (χ0n) is 21.7. The predicted molar refractivity (Wildman–Crippen MR) is 143 cm³/mol. The van der Waals surface area contributed by atoms with Crippen LogP contribution < -0.4 is 30.3 Å². The number of rotatable bonds is 7. The van der Waals surface area contributed by atoms with Gasteiger partial charge in [0.1, 0.15) is 35.5 Å². The predicted octanol–water partition coefficient (Wildman–Crippen LogP) is 3.34. The lowest BCUT2D eigenvalue weighted by atomic mass is 10.0. The number of nitriles is 1. The van der Waals surface area contributed by atoms with E-state index in [4.69, 9.17) is 9.47 Å². The largest absolute Gasteiger partial charge is 0.483 e. The minimum Gasteiger partial charge on any atom is -0.483 e. The number of benzene rings is 1. The Morgan fingerprint density at radius 2 is 2.03 bits per heavy atom. The Morgan fingerprint density at radius 3 is 2.79 bits per heavy atom. The first-order valence-electron chi connectivity index (χ1n) is 12.8. The van der Waals surface area contributed by atoms with Crippen molar-refractivity contribution in [1.29, 1.82) is 5.26 Å². The summed E-state index contributed by atoms with van der Waals surface area (Å²) in [5, 5.41) is 19.0. The molecule has 2 atom stereocenters. The second-order valence-corrected chi connectivity index (χ2v) is 9.60. The maximum absolute atomic E-state index is 14.2. The van der Waals surface area contributed by atoms with Crippen molar-refractivity contribution in [3.05, 3.63) is 48.3 Å². The van der Waals surface area contributed by atoms with E-state index in [0.717, 1.165) is 25.3 Å². The van der Waals surface area contributed by atoms with Crippen molar-refractivity contribution in [2.45, 2.75) is 31.4 Å². The van der Waals surface area contributed by atoms with Crippen molar-refractivity contribution in [2.75, 3.05) is 50.1 Å². The molecule has 0 amide bonds. The summed E-state index contributed by atoms with van der Waals surface area (Å²) in [6.45, 7) is 4.72. The van der Waals surface area contributed by atoms with E-state index in [1.165, 1.54) is 12.4 Å². The van der Waals surface area contributed by atoms with Crippen molar-refractivity contribution < 1.29 is 18.3 Å². The number of piperidine rings is 1. The van der Waals surface area contributed by atoms with Gasteiger partial charge >= 0.3 is 0 Å². The van der Waals surface area contributed by atoms with Crippen molar-refractivity contribution in [1.82, 2.24) is 25.6 Å². The summed E-state index contributed by atoms with van der Waals surface area (Å²) in [6.07, 6.45) is 0.254. The van der Waals surface area contributed by atoms with E-state index in [2.05, 4.69) is 42.7 Å². The van der Waals surface area contributed by atoms with Crippen LogP contribution in [0.4, 0.5) is 26.1 Å². The summed E-state index contributed by atoms with van der Waals surface area (Å²) >= 11 is 0. The van der Waals surface area contributed by atoms with E-state index in [-0.39, 0.29) is 17.7 Å². The number of anilines is 3. The van der Waals surface area contributed by atoms with Crippen LogP contribution in [0.1, 0.15) is 18.9 Å². The Labute approximate surface area is 225 Å². The Kier molecular flexibility index (Phi) is 7.72. The van der Waals surface area contributed by atoms with E-state index in [9.17, 15) is 14.0 Å². The summed E-state index contributed by atoms with van der Waals surface area (Å²) in [6, 6.07) is 12.8. The molecule has 3 N–H and O–H groups in total. The maximum atomic E-state index is 14.2. The van der Waals surface area contributed by atoms with Crippen LogP contribution in [0.2, 0.25) is 0 Å². The molecule has 0 bridgehead atoms. The van der Waals surface area contributed by atoms with Gasteiger partial charge in [-0.25, -0.2) is 18.7 Å². The molecule has 3 aromatic rings. The van der Waals surface area contributed by atoms with E-state index in [1.807, 2.05) is 18.2 Å². The average Bonchev–Trinajstić information content (AvgIpc) is 2.94. The molecular formula is C27H30F2N8O2. The van der Waals surface area contributed by atoms with Gasteiger partial charge in [-0.05, 0) is 43.8 Å². The van der Waals surface area contributed by atoms with E-state index >= 15 is 0 Å². The van der Waals surface area contributed by atoms with Crippen LogP contribution >= 0.6 is 0 Å². The number of aromatic nitrogens is 3. The van der Waals surface area contributed by atoms with Gasteiger partial charge < -0.3 is 30.3 Å². The van der Waals surface area contributed by atoms with Crippen LogP contribution in [-0.2, 0) is 0 Å². The second-order valence-electron chi connectivity index (χ2n) is 9.60. The number of nitrogens with one attached hydrogen (secondary N) is 3. The summed E-state index contributed by atoms with van der Waals surface area (Å²) in [4.78, 5) is 15.5. The molecule has 2 aromatic heterocycles. The highest BCUT2D eigenvalue weighted by Crippen LogP contribution is 2.33. The molecule has 2 saturated heterocycles. The standard InChI is InChI=1S/C27H30F2N8O2/c1-17-14-37(10-9-32-17)21-4-6-24(36-26(21)38-2)35-25-12-20(33-16-34-25)18-3-5-22(19(11-18)13-30)39-23-7-8-31-15-27(23,28)29/h3-6,11-12,16-17,23,31-32H,7-10,14-15H2,1-2H3,(H,33,34,35,36)/t17-,23?/m1/s1. The first-order valence-corrected chi connectivity index (χ1v) is 12.8. The molecule has 1 aromatic carbocycles. The smallest absolute Gasteiger partial charge is 0.296 e. The van der Waals surface area contributed by atoms with Gasteiger partial charge in [0.2, 0.25) is 5.88 Å². The molecule has 204 valence electrons. The zero-order chi connectivity index (χ0) is 27.4. The summed E-state index contributed by atoms with van der Waals surface area (Å²) in [7, 11) is 1.59. The van der Waals surface area contributed by atoms with Gasteiger partial charge in [0, 0.05) is 43.7 Å². The highest BCUT2D eigenvalue weighted by atomic mass is 19.3. The molecule has 10 nitrogen and oxygen atoms in total. The SMILES string of the molecule is COc1nc(Nc2cc(-c3ccc(OC4CCNCC4(F)F)c(C#N)c3)ncn2)ccc1N1CCN[C@H](C)C1. The van der Waals surface area contributed by atoms with Crippen molar-refractivity contribution in [2.24, 2.45) is 0 Å². The lowest BCUT2D eigenvalue weighted by molar-refractivity contribution is -0.109. The van der Waals surface area contributed by atoms with Crippen molar-refractivity contribution in [3.8, 4) is 29.0 Å². The number of methoxy groups -OCH3 is 1. The van der Waals surface area contributed by atoms with E-state index < -0.39 is 18.6 Å². The van der Waals surface area contributed by atoms with Crippen LogP contribution in [0.5, 0.6) is 11.6 Å². The number of hydrogen-bond acceptors (Lipinski definition) is 10. The van der Waals surface area contributed by atoms with Crippen LogP contribution in [0.3, 0.4) is 0 Å². The average molecular weight is 537 g/mol. The number of halogens is 2. The molecule has 2 aliphatic heterocycles. The van der Waals surface area contributed by atoms with Gasteiger partial charge in [0.15, 0.2) is 6.10 Å². The highest BCUT2D eigenvalue weighted by molar-refractivity contribution is 5.68. The minimum atomic E-state index is -3.02. The molecule has 12 heteroatoms. The van der Waals surface area contributed by atoms with Gasteiger partial charge in [0.25, 0.3) is 5.92 Å². The molecule has 2 fully saturated rings. The lowest BCUT2D eigenvalue weighted by Gasteiger charge is -2.34. The molecule has 5 rings (SSSR count). The highest BCUT2D eigenvalue weighted by Gasteiger charge is 2.43. The van der Waals surface area contributed by atoms with Gasteiger partial charge in [-0.1, -0.05) is 0 Å². The molecule has 39 heavy (non-hydrogen) atoms. The van der Waals surface area contributed by atoms with Crippen LogP contribution in [-0.4, -0.2) is 72.9 Å². The number of hydrogen-bond donors (Lipinski definition) is 3. The Balaban J connectivity index is 1.33. The molecule has 0 spiro atoms. The number of ether oxygens (including phenoxy) is 2. The molecular weight excluding hydrogens is 506 g/mol. The fraction of sp³-hybridized carbons (Fsp3) is 0.407. The van der Waals surface area contributed by atoms with Crippen LogP contribution in [0.15, 0.2) is 42.7 Å². The number of nitrogens with zero attached hydrogens (tertiary/aromatic N) is 5. The third-order valence-electron chi connectivity index (χ3n) is 6.75. The van der Waals surface area contributed by atoms with Gasteiger partial charge in [-0.3, -0.25) is 0 Å². The third kappa shape index (κ3) is 6.00. The normalized spacial score (nSPS) is 20.6. The monoisotopic (exact) mass is 536 g/mol. The fourth-order valence-electron chi connectivity index (χ4n) is 4.75. The fourth-order valence-corrected chi connectivity index (χ4v) is 4.75. The zero-order valence-corrected chi connectivity index (χ0v) is 21.7. The van der Waals surface area contributed by atoms with Gasteiger partial charge in [-0.15, -0.1) is 0 Å². The Morgan fingerprint density at radius 1 is 1.15 bits per heavy atom. The summed E-state index contributed by atoms with van der Waals surface area (Å²) < 4.78 is 39.6. The van der Waals surface area contributed by atoms with Crippen LogP contribution in [0, 0.1) is 11.3 Å². The number of piperazine rings is 1. The van der Waals surface area contributed by atoms with Crippen LogP contribution in [0.25, 0.3) is 11.3 Å². The van der Waals surface area contributed by atoms with Crippen molar-refractivity contribution in [3.63, 3.8) is 0 Å². The molecule has 1 unspecified atom stereocenters. The number of pyridine rings is 1. The van der Waals surface area contributed by atoms with Gasteiger partial charge in [-0.2, -0.15) is 10.2 Å². The Bertz CT molecular complexity index is 1370. The lowest BCUT2D eigenvalue weighted by Crippen LogP contribution is -2.52. The van der Waals surface area contributed by atoms with E-state index in [1.54, 1.807) is 25.3 Å². The van der Waals surface area contributed by atoms with E-state index in [0.29, 0.717) is 41.4 Å². The topological polar surface area (TPSA) is 120 Å². The van der Waals surface area contributed by atoms with Crippen molar-refractivity contribution >= 4 is 17.3 Å². The molecule has 0 aliphatic carbocycles. The first kappa shape index (κ1) is 26.5. The Hall–Kier alpha value is -4.08. The molecule has 0 saturated carbocycles. The molecule has 0 radical (unpaired) electrons. The minimum absolute atomic E-state index is 0.121. The van der Waals surface area contributed by atoms with Gasteiger partial charge in [0.05, 0.1) is 24.9 Å². The number of alkyl halides is 2. The third-order valence-corrected chi connectivity index (χ3v) is 6.75. The molecule has 2 aliphatic rings. The summed E-state index contributed by atoms with van der Waals surface area (Å²) in [5.41, 5.74) is 2.24. The second kappa shape index (κ2) is 11.3. The first-order chi connectivity index (χ1) is 18.9. The maximum Gasteiger partial charge on any atom is 0.296 e. The molecule has 4 heterocycles.